The molecule has 0 amide bonds. The highest BCUT2D eigenvalue weighted by Gasteiger charge is 2.21. The summed E-state index contributed by atoms with van der Waals surface area (Å²) in [7, 11) is 0. The molecule has 0 radical (unpaired) electrons. The van der Waals surface area contributed by atoms with E-state index in [4.69, 9.17) is 8.83 Å². The van der Waals surface area contributed by atoms with Gasteiger partial charge >= 0.3 is 0 Å². The smallest absolute Gasteiger partial charge is 0.159 e. The van der Waals surface area contributed by atoms with Gasteiger partial charge in [0.1, 0.15) is 16.7 Å². The molecular formula is C52H31NO2S. The predicted molar refractivity (Wildman–Crippen MR) is 237 cm³/mol. The van der Waals surface area contributed by atoms with E-state index in [2.05, 4.69) is 181 Å². The SMILES string of the molecule is c1ccc2c(c1)ccc1c2oc2cccc(-c3ccc(N(c4ccc(-c5cccc6c5sc5ccccc56)cc4)c4cccc5c4oc4ccccc45)cc3)c21. The molecule has 3 nitrogen and oxygen atoms in total. The first-order valence-electron chi connectivity index (χ1n) is 18.9. The van der Waals surface area contributed by atoms with Crippen molar-refractivity contribution in [1.29, 1.82) is 0 Å². The van der Waals surface area contributed by atoms with Crippen molar-refractivity contribution in [2.75, 3.05) is 4.90 Å². The Balaban J connectivity index is 1.01. The number of fused-ring (bicyclic) bond motifs is 11. The number of rotatable bonds is 5. The fraction of sp³-hybridized carbons (Fsp3) is 0. The molecule has 0 saturated heterocycles. The van der Waals surface area contributed by atoms with E-state index in [1.54, 1.807) is 0 Å². The van der Waals surface area contributed by atoms with Crippen molar-refractivity contribution in [3.63, 3.8) is 0 Å². The van der Waals surface area contributed by atoms with Crippen molar-refractivity contribution >= 4 is 103 Å². The first kappa shape index (κ1) is 31.2. The number of hydrogen-bond donors (Lipinski definition) is 0. The van der Waals surface area contributed by atoms with Gasteiger partial charge in [0.15, 0.2) is 5.58 Å². The average Bonchev–Trinajstić information content (AvgIpc) is 3.96. The molecule has 4 heteroatoms. The molecule has 12 rings (SSSR count). The maximum atomic E-state index is 6.63. The van der Waals surface area contributed by atoms with Gasteiger partial charge in [-0.05, 0) is 82.2 Å². The molecule has 56 heavy (non-hydrogen) atoms. The molecule has 0 saturated carbocycles. The van der Waals surface area contributed by atoms with Crippen LogP contribution in [-0.4, -0.2) is 0 Å². The third kappa shape index (κ3) is 4.70. The molecule has 0 atom stereocenters. The van der Waals surface area contributed by atoms with E-state index < -0.39 is 0 Å². The number of thiophene rings is 1. The highest BCUT2D eigenvalue weighted by molar-refractivity contribution is 7.26. The summed E-state index contributed by atoms with van der Waals surface area (Å²) in [6, 6.07) is 67.1. The average molecular weight is 734 g/mol. The summed E-state index contributed by atoms with van der Waals surface area (Å²) in [5.74, 6) is 0. The Labute approximate surface area is 325 Å². The minimum Gasteiger partial charge on any atom is -0.455 e. The van der Waals surface area contributed by atoms with Crippen LogP contribution >= 0.6 is 11.3 Å². The van der Waals surface area contributed by atoms with Crippen LogP contribution in [0.25, 0.3) is 97.1 Å². The molecule has 0 aliphatic rings. The zero-order valence-electron chi connectivity index (χ0n) is 30.1. The van der Waals surface area contributed by atoms with Crippen molar-refractivity contribution < 1.29 is 8.83 Å². The molecular weight excluding hydrogens is 703 g/mol. The lowest BCUT2D eigenvalue weighted by atomic mass is 9.98. The molecule has 0 bridgehead atoms. The fourth-order valence-corrected chi connectivity index (χ4v) is 9.92. The van der Waals surface area contributed by atoms with E-state index >= 15 is 0 Å². The number of para-hydroxylation sites is 2. The lowest BCUT2D eigenvalue weighted by Gasteiger charge is -2.26. The van der Waals surface area contributed by atoms with Crippen LogP contribution in [-0.2, 0) is 0 Å². The number of hydrogen-bond acceptors (Lipinski definition) is 4. The predicted octanol–water partition coefficient (Wildman–Crippen LogP) is 15.8. The van der Waals surface area contributed by atoms with E-state index in [1.807, 2.05) is 23.5 Å². The van der Waals surface area contributed by atoms with Crippen LogP contribution < -0.4 is 4.90 Å². The summed E-state index contributed by atoms with van der Waals surface area (Å²) in [6.07, 6.45) is 0. The van der Waals surface area contributed by atoms with Gasteiger partial charge in [-0.3, -0.25) is 0 Å². The Morgan fingerprint density at radius 3 is 1.82 bits per heavy atom. The van der Waals surface area contributed by atoms with Crippen molar-refractivity contribution in [1.82, 2.24) is 0 Å². The number of furan rings is 2. The summed E-state index contributed by atoms with van der Waals surface area (Å²) in [5.41, 5.74) is 11.4. The highest BCUT2D eigenvalue weighted by atomic mass is 32.1. The first-order chi connectivity index (χ1) is 27.8. The summed E-state index contributed by atoms with van der Waals surface area (Å²) in [6.45, 7) is 0. The number of anilines is 3. The quantitative estimate of drug-likeness (QED) is 0.176. The minimum atomic E-state index is 0.860. The second-order valence-electron chi connectivity index (χ2n) is 14.4. The Kier molecular flexibility index (Phi) is 6.80. The molecule has 9 aromatic carbocycles. The van der Waals surface area contributed by atoms with Gasteiger partial charge in [0.05, 0.1) is 5.69 Å². The van der Waals surface area contributed by atoms with E-state index in [9.17, 15) is 0 Å². The molecule has 0 fully saturated rings. The van der Waals surface area contributed by atoms with Gasteiger partial charge in [0.25, 0.3) is 0 Å². The van der Waals surface area contributed by atoms with Crippen LogP contribution in [0.5, 0.6) is 0 Å². The third-order valence-electron chi connectivity index (χ3n) is 11.3. The molecule has 0 aliphatic heterocycles. The third-order valence-corrected chi connectivity index (χ3v) is 12.5. The minimum absolute atomic E-state index is 0.860. The van der Waals surface area contributed by atoms with E-state index in [1.165, 1.54) is 36.7 Å². The summed E-state index contributed by atoms with van der Waals surface area (Å²) in [5, 5.41) is 9.39. The monoisotopic (exact) mass is 733 g/mol. The normalized spacial score (nSPS) is 11.9. The maximum Gasteiger partial charge on any atom is 0.159 e. The second kappa shape index (κ2) is 12.2. The van der Waals surface area contributed by atoms with Crippen LogP contribution in [0.2, 0.25) is 0 Å². The van der Waals surface area contributed by atoms with Crippen LogP contribution in [0.1, 0.15) is 0 Å². The zero-order valence-corrected chi connectivity index (χ0v) is 30.9. The van der Waals surface area contributed by atoms with Gasteiger partial charge in [-0.1, -0.05) is 133 Å². The Morgan fingerprint density at radius 1 is 0.375 bits per heavy atom. The van der Waals surface area contributed by atoms with Crippen LogP contribution in [0, 0.1) is 0 Å². The van der Waals surface area contributed by atoms with Gasteiger partial charge in [-0.15, -0.1) is 11.3 Å². The van der Waals surface area contributed by atoms with Gasteiger partial charge in [-0.25, -0.2) is 0 Å². The molecule has 12 aromatic rings. The summed E-state index contributed by atoms with van der Waals surface area (Å²) >= 11 is 1.86. The van der Waals surface area contributed by atoms with E-state index in [0.717, 1.165) is 77.5 Å². The molecule has 3 aromatic heterocycles. The van der Waals surface area contributed by atoms with Gasteiger partial charge < -0.3 is 13.7 Å². The summed E-state index contributed by atoms with van der Waals surface area (Å²) in [4.78, 5) is 2.32. The van der Waals surface area contributed by atoms with Gasteiger partial charge in [-0.2, -0.15) is 0 Å². The molecule has 3 heterocycles. The van der Waals surface area contributed by atoms with Crippen LogP contribution in [0.15, 0.2) is 197 Å². The van der Waals surface area contributed by atoms with Crippen molar-refractivity contribution in [3.05, 3.63) is 188 Å². The Hall–Kier alpha value is -7.14. The lowest BCUT2D eigenvalue weighted by molar-refractivity contribution is 0.669. The first-order valence-corrected chi connectivity index (χ1v) is 19.7. The van der Waals surface area contributed by atoms with Crippen molar-refractivity contribution in [3.8, 4) is 22.3 Å². The van der Waals surface area contributed by atoms with Crippen molar-refractivity contribution in [2.24, 2.45) is 0 Å². The van der Waals surface area contributed by atoms with Crippen LogP contribution in [0.3, 0.4) is 0 Å². The van der Waals surface area contributed by atoms with Gasteiger partial charge in [0.2, 0.25) is 0 Å². The number of benzene rings is 9. The highest BCUT2D eigenvalue weighted by Crippen LogP contribution is 2.45. The molecule has 0 aliphatic carbocycles. The molecule has 262 valence electrons. The lowest BCUT2D eigenvalue weighted by Crippen LogP contribution is -2.10. The second-order valence-corrected chi connectivity index (χ2v) is 15.5. The molecule has 0 N–H and O–H groups in total. The van der Waals surface area contributed by atoms with Gasteiger partial charge in [0, 0.05) is 58.5 Å². The molecule has 0 unspecified atom stereocenters. The summed E-state index contributed by atoms with van der Waals surface area (Å²) < 4.78 is 15.8. The van der Waals surface area contributed by atoms with Crippen molar-refractivity contribution in [2.45, 2.75) is 0 Å². The molecule has 0 spiro atoms. The topological polar surface area (TPSA) is 29.5 Å². The number of nitrogens with zero attached hydrogens (tertiary/aromatic N) is 1. The van der Waals surface area contributed by atoms with E-state index in [0.29, 0.717) is 0 Å². The fourth-order valence-electron chi connectivity index (χ4n) is 8.68. The van der Waals surface area contributed by atoms with Crippen LogP contribution in [0.4, 0.5) is 17.1 Å². The largest absolute Gasteiger partial charge is 0.455 e. The van der Waals surface area contributed by atoms with E-state index in [-0.39, 0.29) is 0 Å². The Morgan fingerprint density at radius 2 is 0.982 bits per heavy atom. The Bertz CT molecular complexity index is 3480. The zero-order chi connectivity index (χ0) is 36.7. The standard InChI is InChI=1S/C52H31NO2S/c1-2-11-38-32(10-1)26-31-44-49-37(14-9-20-47(49)55-50(38)44)33-22-27-35(28-23-33)53(45-18-8-16-42-40-12-3-5-19-46(40)54-51(42)45)36-29-24-34(25-30-36)39-15-7-17-43-41-13-4-6-21-48(41)56-52(39)43/h1-31H. The maximum absolute atomic E-state index is 6.63.